The molecular formula is C12H23N3. The summed E-state index contributed by atoms with van der Waals surface area (Å²) < 4.78 is 2.07. The van der Waals surface area contributed by atoms with Gasteiger partial charge in [0.15, 0.2) is 0 Å². The van der Waals surface area contributed by atoms with Crippen LogP contribution in [-0.2, 0) is 6.42 Å². The smallest absolute Gasteiger partial charge is 0.0884 e. The first-order chi connectivity index (χ1) is 7.07. The summed E-state index contributed by atoms with van der Waals surface area (Å²) in [5, 5.41) is 8.56. The molecule has 0 unspecified atom stereocenters. The largest absolute Gasteiger partial charge is 0.247 e. The van der Waals surface area contributed by atoms with Gasteiger partial charge in [0.1, 0.15) is 0 Å². The molecule has 3 heteroatoms. The zero-order chi connectivity index (χ0) is 11.4. The lowest BCUT2D eigenvalue weighted by Crippen LogP contribution is -2.09. The lowest BCUT2D eigenvalue weighted by atomic mass is 10.0. The van der Waals surface area contributed by atoms with Crippen LogP contribution in [0.4, 0.5) is 0 Å². The van der Waals surface area contributed by atoms with Crippen LogP contribution in [0.1, 0.15) is 70.8 Å². The molecule has 1 rings (SSSR count). The van der Waals surface area contributed by atoms with Gasteiger partial charge < -0.3 is 0 Å². The molecule has 0 atom stereocenters. The van der Waals surface area contributed by atoms with E-state index in [9.17, 15) is 0 Å². The van der Waals surface area contributed by atoms with Crippen molar-refractivity contribution in [1.82, 2.24) is 15.0 Å². The Balaban J connectivity index is 2.97. The van der Waals surface area contributed by atoms with E-state index < -0.39 is 0 Å². The van der Waals surface area contributed by atoms with Gasteiger partial charge in [-0.15, -0.1) is 5.10 Å². The molecule has 0 amide bonds. The lowest BCUT2D eigenvalue weighted by Gasteiger charge is -2.11. The van der Waals surface area contributed by atoms with Crippen LogP contribution in [-0.4, -0.2) is 15.0 Å². The maximum absolute atomic E-state index is 4.30. The van der Waals surface area contributed by atoms with Gasteiger partial charge in [-0.2, -0.15) is 0 Å². The maximum Gasteiger partial charge on any atom is 0.0884 e. The first kappa shape index (κ1) is 12.2. The van der Waals surface area contributed by atoms with Crippen molar-refractivity contribution in [2.75, 3.05) is 0 Å². The average molecular weight is 209 g/mol. The molecule has 1 aromatic rings. The van der Waals surface area contributed by atoms with Crippen molar-refractivity contribution in [2.24, 2.45) is 0 Å². The van der Waals surface area contributed by atoms with Crippen molar-refractivity contribution in [1.29, 1.82) is 0 Å². The van der Waals surface area contributed by atoms with Crippen LogP contribution < -0.4 is 0 Å². The minimum atomic E-state index is 0.414. The Bertz CT molecular complexity index is 274. The molecule has 0 bridgehead atoms. The number of unbranched alkanes of at least 4 members (excludes halogenated alkanes) is 1. The van der Waals surface area contributed by atoms with E-state index in [1.165, 1.54) is 24.2 Å². The van der Waals surface area contributed by atoms with Crippen molar-refractivity contribution in [2.45, 2.75) is 65.8 Å². The molecule has 0 fully saturated rings. The predicted molar refractivity (Wildman–Crippen MR) is 63.1 cm³/mol. The Morgan fingerprint density at radius 3 is 2.33 bits per heavy atom. The van der Waals surface area contributed by atoms with Gasteiger partial charge in [-0.1, -0.05) is 32.4 Å². The van der Waals surface area contributed by atoms with Crippen molar-refractivity contribution in [3.05, 3.63) is 11.4 Å². The van der Waals surface area contributed by atoms with Gasteiger partial charge in [0, 0.05) is 6.04 Å². The molecule has 0 spiro atoms. The van der Waals surface area contributed by atoms with Crippen LogP contribution in [0.3, 0.4) is 0 Å². The summed E-state index contributed by atoms with van der Waals surface area (Å²) in [7, 11) is 0. The van der Waals surface area contributed by atoms with Crippen LogP contribution >= 0.6 is 0 Å². The van der Waals surface area contributed by atoms with Crippen molar-refractivity contribution in [3.63, 3.8) is 0 Å². The van der Waals surface area contributed by atoms with E-state index in [2.05, 4.69) is 49.6 Å². The van der Waals surface area contributed by atoms with Gasteiger partial charge in [0.25, 0.3) is 0 Å². The fourth-order valence-electron chi connectivity index (χ4n) is 1.78. The Morgan fingerprint density at radius 1 is 1.20 bits per heavy atom. The minimum absolute atomic E-state index is 0.414. The Morgan fingerprint density at radius 2 is 1.87 bits per heavy atom. The molecule has 0 aromatic carbocycles. The molecule has 0 aliphatic rings. The topological polar surface area (TPSA) is 30.7 Å². The molecule has 0 saturated carbocycles. The first-order valence-electron chi connectivity index (χ1n) is 6.01. The van der Waals surface area contributed by atoms with Gasteiger partial charge in [-0.05, 0) is 32.6 Å². The third-order valence-electron chi connectivity index (χ3n) is 2.62. The Hall–Kier alpha value is -0.860. The van der Waals surface area contributed by atoms with Crippen LogP contribution in [0, 0.1) is 0 Å². The number of nitrogens with zero attached hydrogens (tertiary/aromatic N) is 3. The molecule has 15 heavy (non-hydrogen) atoms. The van der Waals surface area contributed by atoms with E-state index in [4.69, 9.17) is 0 Å². The summed E-state index contributed by atoms with van der Waals surface area (Å²) in [6.45, 7) is 10.9. The second-order valence-electron chi connectivity index (χ2n) is 4.72. The van der Waals surface area contributed by atoms with Gasteiger partial charge in [-0.25, -0.2) is 4.68 Å². The highest BCUT2D eigenvalue weighted by Gasteiger charge is 2.16. The molecule has 0 aliphatic heterocycles. The van der Waals surface area contributed by atoms with E-state index in [0.717, 1.165) is 6.42 Å². The number of hydrogen-bond acceptors (Lipinski definition) is 2. The van der Waals surface area contributed by atoms with E-state index in [-0.39, 0.29) is 0 Å². The monoisotopic (exact) mass is 209 g/mol. The molecule has 86 valence electrons. The second kappa shape index (κ2) is 5.29. The molecule has 1 aromatic heterocycles. The number of hydrogen-bond donors (Lipinski definition) is 0. The number of rotatable bonds is 5. The van der Waals surface area contributed by atoms with Gasteiger partial charge in [-0.3, -0.25) is 0 Å². The van der Waals surface area contributed by atoms with E-state index in [1.54, 1.807) is 0 Å². The standard InChI is InChI=1S/C12H23N3/c1-6-7-8-11-12(9(2)3)13-14-15(11)10(4)5/h9-10H,6-8H2,1-5H3. The summed E-state index contributed by atoms with van der Waals surface area (Å²) in [5.74, 6) is 0.476. The number of aromatic nitrogens is 3. The minimum Gasteiger partial charge on any atom is -0.247 e. The molecule has 0 saturated heterocycles. The Kier molecular flexibility index (Phi) is 4.30. The molecule has 0 radical (unpaired) electrons. The van der Waals surface area contributed by atoms with E-state index in [1.807, 2.05) is 0 Å². The SMILES string of the molecule is CCCCc1c(C(C)C)nnn1C(C)C. The summed E-state index contributed by atoms with van der Waals surface area (Å²) in [5.41, 5.74) is 2.51. The average Bonchev–Trinajstić information content (AvgIpc) is 2.57. The fourth-order valence-corrected chi connectivity index (χ4v) is 1.78. The van der Waals surface area contributed by atoms with Gasteiger partial charge >= 0.3 is 0 Å². The zero-order valence-corrected chi connectivity index (χ0v) is 10.6. The Labute approximate surface area is 92.9 Å². The van der Waals surface area contributed by atoms with E-state index in [0.29, 0.717) is 12.0 Å². The summed E-state index contributed by atoms with van der Waals surface area (Å²) >= 11 is 0. The van der Waals surface area contributed by atoms with Crippen LogP contribution in [0.25, 0.3) is 0 Å². The normalized spacial score (nSPS) is 11.7. The van der Waals surface area contributed by atoms with Crippen LogP contribution in [0.2, 0.25) is 0 Å². The maximum atomic E-state index is 4.30. The third-order valence-corrected chi connectivity index (χ3v) is 2.62. The predicted octanol–water partition coefficient (Wildman–Crippen LogP) is 3.33. The molecule has 0 N–H and O–H groups in total. The highest BCUT2D eigenvalue weighted by Crippen LogP contribution is 2.20. The fraction of sp³-hybridized carbons (Fsp3) is 0.833. The highest BCUT2D eigenvalue weighted by atomic mass is 15.4. The van der Waals surface area contributed by atoms with Gasteiger partial charge in [0.2, 0.25) is 0 Å². The summed E-state index contributed by atoms with van der Waals surface area (Å²) in [6, 6.07) is 0.414. The zero-order valence-electron chi connectivity index (χ0n) is 10.6. The molecular weight excluding hydrogens is 186 g/mol. The first-order valence-corrected chi connectivity index (χ1v) is 6.01. The highest BCUT2D eigenvalue weighted by molar-refractivity contribution is 5.14. The van der Waals surface area contributed by atoms with Crippen molar-refractivity contribution in [3.8, 4) is 0 Å². The summed E-state index contributed by atoms with van der Waals surface area (Å²) in [6.07, 6.45) is 3.55. The molecule has 0 aliphatic carbocycles. The molecule has 1 heterocycles. The summed E-state index contributed by atoms with van der Waals surface area (Å²) in [4.78, 5) is 0. The van der Waals surface area contributed by atoms with Crippen molar-refractivity contribution < 1.29 is 0 Å². The van der Waals surface area contributed by atoms with E-state index >= 15 is 0 Å². The van der Waals surface area contributed by atoms with Gasteiger partial charge in [0.05, 0.1) is 11.4 Å². The van der Waals surface area contributed by atoms with Crippen LogP contribution in [0.15, 0.2) is 0 Å². The second-order valence-corrected chi connectivity index (χ2v) is 4.72. The third kappa shape index (κ3) is 2.80. The quantitative estimate of drug-likeness (QED) is 0.744. The van der Waals surface area contributed by atoms with Crippen LogP contribution in [0.5, 0.6) is 0 Å². The lowest BCUT2D eigenvalue weighted by molar-refractivity contribution is 0.490. The molecule has 3 nitrogen and oxygen atoms in total. The van der Waals surface area contributed by atoms with Crippen molar-refractivity contribution >= 4 is 0 Å².